The van der Waals surface area contributed by atoms with Crippen molar-refractivity contribution < 1.29 is 24.1 Å². The fraction of sp³-hybridized carbons (Fsp3) is 0.375. The van der Waals surface area contributed by atoms with Gasteiger partial charge in [-0.05, 0) is 30.2 Å². The lowest BCUT2D eigenvalue weighted by molar-refractivity contribution is -0.122. The zero-order valence-electron chi connectivity index (χ0n) is 13.7. The van der Waals surface area contributed by atoms with Gasteiger partial charge in [0.2, 0.25) is 5.75 Å². The van der Waals surface area contributed by atoms with Crippen LogP contribution in [-0.2, 0) is 9.53 Å². The van der Waals surface area contributed by atoms with Gasteiger partial charge in [-0.3, -0.25) is 9.69 Å². The van der Waals surface area contributed by atoms with Gasteiger partial charge < -0.3 is 19.3 Å². The molecule has 0 bridgehead atoms. The number of amides is 1. The number of phenolic OH excluding ortho intramolecular Hbond substituents is 1. The zero-order valence-corrected chi connectivity index (χ0v) is 15.3. The van der Waals surface area contributed by atoms with E-state index in [1.165, 1.54) is 26.0 Å². The standard InChI is InChI=1S/C16H19NO5S2/c1-20-6-4-5-17-15(19)13(24-16(17)23)9-10-7-11(21-2)14(18)12(8-10)22-3/h7-9,18H,4-6H2,1-3H3/b13-9-. The number of hydrogen-bond acceptors (Lipinski definition) is 7. The summed E-state index contributed by atoms with van der Waals surface area (Å²) in [5.74, 6) is 0.337. The van der Waals surface area contributed by atoms with E-state index in [0.717, 1.165) is 6.42 Å². The lowest BCUT2D eigenvalue weighted by atomic mass is 10.1. The molecule has 1 saturated heterocycles. The van der Waals surface area contributed by atoms with Crippen LogP contribution in [0, 0.1) is 0 Å². The summed E-state index contributed by atoms with van der Waals surface area (Å²) < 4.78 is 15.8. The third kappa shape index (κ3) is 4.00. The third-order valence-corrected chi connectivity index (χ3v) is 4.78. The Morgan fingerprint density at radius 2 is 1.88 bits per heavy atom. The first kappa shape index (κ1) is 18.6. The number of carbonyl (C=O) groups excluding carboxylic acids is 1. The number of aromatic hydroxyl groups is 1. The maximum absolute atomic E-state index is 12.5. The van der Waals surface area contributed by atoms with Crippen LogP contribution in [0.25, 0.3) is 6.08 Å². The Labute approximate surface area is 150 Å². The minimum Gasteiger partial charge on any atom is -0.502 e. The van der Waals surface area contributed by atoms with E-state index in [1.54, 1.807) is 30.2 Å². The van der Waals surface area contributed by atoms with Crippen LogP contribution in [0.15, 0.2) is 17.0 Å². The summed E-state index contributed by atoms with van der Waals surface area (Å²) in [7, 11) is 4.52. The largest absolute Gasteiger partial charge is 0.502 e. The van der Waals surface area contributed by atoms with E-state index < -0.39 is 0 Å². The molecule has 0 atom stereocenters. The van der Waals surface area contributed by atoms with Crippen molar-refractivity contribution in [3.05, 3.63) is 22.6 Å². The molecule has 1 heterocycles. The van der Waals surface area contributed by atoms with E-state index >= 15 is 0 Å². The molecule has 0 saturated carbocycles. The van der Waals surface area contributed by atoms with Gasteiger partial charge >= 0.3 is 0 Å². The van der Waals surface area contributed by atoms with E-state index in [0.29, 0.717) is 27.9 Å². The van der Waals surface area contributed by atoms with Gasteiger partial charge in [-0.15, -0.1) is 0 Å². The summed E-state index contributed by atoms with van der Waals surface area (Å²) >= 11 is 6.53. The molecule has 8 heteroatoms. The quantitative estimate of drug-likeness (QED) is 0.450. The number of ether oxygens (including phenoxy) is 3. The maximum atomic E-state index is 12.5. The number of thioether (sulfide) groups is 1. The highest BCUT2D eigenvalue weighted by Gasteiger charge is 2.31. The number of thiocarbonyl (C=S) groups is 1. The summed E-state index contributed by atoms with van der Waals surface area (Å²) in [5, 5.41) is 9.95. The van der Waals surface area contributed by atoms with Crippen molar-refractivity contribution in [2.75, 3.05) is 34.5 Å². The van der Waals surface area contributed by atoms with Crippen molar-refractivity contribution in [3.8, 4) is 17.2 Å². The first-order chi connectivity index (χ1) is 11.5. The molecule has 0 unspecified atom stereocenters. The minimum absolute atomic E-state index is 0.0794. The number of nitrogens with zero attached hydrogens (tertiary/aromatic N) is 1. The molecule has 1 aromatic carbocycles. The van der Waals surface area contributed by atoms with Crippen molar-refractivity contribution in [2.24, 2.45) is 0 Å². The summed E-state index contributed by atoms with van der Waals surface area (Å²) in [6, 6.07) is 3.27. The number of rotatable bonds is 7. The molecule has 1 N–H and O–H groups in total. The topological polar surface area (TPSA) is 68.2 Å². The Hall–Kier alpha value is -1.77. The molecule has 24 heavy (non-hydrogen) atoms. The molecule has 1 fully saturated rings. The SMILES string of the molecule is COCCCN1C(=O)/C(=C/c2cc(OC)c(O)c(OC)c2)SC1=S. The molecule has 1 aliphatic rings. The molecular weight excluding hydrogens is 350 g/mol. The monoisotopic (exact) mass is 369 g/mol. The normalized spacial score (nSPS) is 16.1. The summed E-state index contributed by atoms with van der Waals surface area (Å²) in [6.45, 7) is 1.10. The molecule has 1 amide bonds. The van der Waals surface area contributed by atoms with Gasteiger partial charge in [0.05, 0.1) is 19.1 Å². The summed E-state index contributed by atoms with van der Waals surface area (Å²) in [4.78, 5) is 14.6. The molecule has 1 aromatic rings. The first-order valence-corrected chi connectivity index (χ1v) is 8.43. The van der Waals surface area contributed by atoms with Crippen molar-refractivity contribution in [3.63, 3.8) is 0 Å². The van der Waals surface area contributed by atoms with Gasteiger partial charge in [-0.25, -0.2) is 0 Å². The Kier molecular flexibility index (Phi) is 6.47. The van der Waals surface area contributed by atoms with Gasteiger partial charge in [0.1, 0.15) is 4.32 Å². The van der Waals surface area contributed by atoms with Gasteiger partial charge in [0, 0.05) is 20.3 Å². The summed E-state index contributed by atoms with van der Waals surface area (Å²) in [5.41, 5.74) is 0.680. The number of phenols is 1. The van der Waals surface area contributed by atoms with Crippen molar-refractivity contribution in [1.29, 1.82) is 0 Å². The van der Waals surface area contributed by atoms with Crippen molar-refractivity contribution >= 4 is 40.3 Å². The lowest BCUT2D eigenvalue weighted by Gasteiger charge is -2.13. The molecule has 0 aromatic heterocycles. The van der Waals surface area contributed by atoms with Crippen molar-refractivity contribution in [2.45, 2.75) is 6.42 Å². The number of hydrogen-bond donors (Lipinski definition) is 1. The predicted molar refractivity (Wildman–Crippen MR) is 97.6 cm³/mol. The molecule has 2 rings (SSSR count). The predicted octanol–water partition coefficient (Wildman–Crippen LogP) is 2.65. The Balaban J connectivity index is 2.25. The van der Waals surface area contributed by atoms with Crippen LogP contribution < -0.4 is 9.47 Å². The van der Waals surface area contributed by atoms with Crippen LogP contribution in [0.5, 0.6) is 17.2 Å². The Bertz CT molecular complexity index is 649. The van der Waals surface area contributed by atoms with E-state index in [2.05, 4.69) is 0 Å². The minimum atomic E-state index is -0.132. The smallest absolute Gasteiger partial charge is 0.266 e. The Morgan fingerprint density at radius 1 is 1.25 bits per heavy atom. The fourth-order valence-corrected chi connectivity index (χ4v) is 3.52. The van der Waals surface area contributed by atoms with Gasteiger partial charge in [0.15, 0.2) is 11.5 Å². The average molecular weight is 369 g/mol. The van der Waals surface area contributed by atoms with Crippen LogP contribution in [0.2, 0.25) is 0 Å². The highest BCUT2D eigenvalue weighted by molar-refractivity contribution is 8.26. The second-order valence-corrected chi connectivity index (χ2v) is 6.63. The van der Waals surface area contributed by atoms with Crippen LogP contribution >= 0.6 is 24.0 Å². The van der Waals surface area contributed by atoms with E-state index in [1.807, 2.05) is 0 Å². The van der Waals surface area contributed by atoms with Crippen LogP contribution in [0.3, 0.4) is 0 Å². The van der Waals surface area contributed by atoms with E-state index in [9.17, 15) is 9.90 Å². The first-order valence-electron chi connectivity index (χ1n) is 7.21. The van der Waals surface area contributed by atoms with Crippen LogP contribution in [0.4, 0.5) is 0 Å². The molecule has 0 aliphatic carbocycles. The van der Waals surface area contributed by atoms with Crippen LogP contribution in [0.1, 0.15) is 12.0 Å². The zero-order chi connectivity index (χ0) is 17.7. The van der Waals surface area contributed by atoms with Crippen LogP contribution in [-0.4, -0.2) is 54.7 Å². The number of methoxy groups -OCH3 is 3. The van der Waals surface area contributed by atoms with Gasteiger partial charge in [-0.2, -0.15) is 0 Å². The second kappa shape index (κ2) is 8.36. The molecule has 130 valence electrons. The maximum Gasteiger partial charge on any atom is 0.266 e. The van der Waals surface area contributed by atoms with E-state index in [4.69, 9.17) is 26.4 Å². The van der Waals surface area contributed by atoms with E-state index in [-0.39, 0.29) is 23.2 Å². The van der Waals surface area contributed by atoms with Gasteiger partial charge in [0.25, 0.3) is 5.91 Å². The second-order valence-electron chi connectivity index (χ2n) is 4.95. The molecule has 6 nitrogen and oxygen atoms in total. The molecule has 1 aliphatic heterocycles. The average Bonchev–Trinajstić information content (AvgIpc) is 2.83. The summed E-state index contributed by atoms with van der Waals surface area (Å²) in [6.07, 6.45) is 2.43. The highest BCUT2D eigenvalue weighted by Crippen LogP contribution is 2.39. The fourth-order valence-electron chi connectivity index (χ4n) is 2.21. The number of benzene rings is 1. The lowest BCUT2D eigenvalue weighted by Crippen LogP contribution is -2.29. The molecule has 0 radical (unpaired) electrons. The molecular formula is C16H19NO5S2. The van der Waals surface area contributed by atoms with Crippen molar-refractivity contribution in [1.82, 2.24) is 4.90 Å². The number of carbonyl (C=O) groups is 1. The van der Waals surface area contributed by atoms with Gasteiger partial charge in [-0.1, -0.05) is 24.0 Å². The molecule has 0 spiro atoms. The third-order valence-electron chi connectivity index (χ3n) is 3.40. The Morgan fingerprint density at radius 3 is 2.42 bits per heavy atom. The highest BCUT2D eigenvalue weighted by atomic mass is 32.2.